The second kappa shape index (κ2) is 8.69. The molecule has 3 aliphatic rings. The maximum absolute atomic E-state index is 12.8. The Morgan fingerprint density at radius 3 is 2.48 bits per heavy atom. The van der Waals surface area contributed by atoms with Crippen LogP contribution in [-0.4, -0.2) is 35.2 Å². The van der Waals surface area contributed by atoms with Crippen LogP contribution < -0.4 is 4.90 Å². The predicted molar refractivity (Wildman–Crippen MR) is 114 cm³/mol. The van der Waals surface area contributed by atoms with E-state index < -0.39 is 22.6 Å². The van der Waals surface area contributed by atoms with Gasteiger partial charge in [0.15, 0.2) is 0 Å². The van der Waals surface area contributed by atoms with Crippen molar-refractivity contribution < 1.29 is 24.0 Å². The minimum Gasteiger partial charge on any atom is -0.419 e. The van der Waals surface area contributed by atoms with E-state index in [1.165, 1.54) is 18.2 Å². The van der Waals surface area contributed by atoms with E-state index in [1.54, 1.807) is 6.07 Å². The van der Waals surface area contributed by atoms with Crippen LogP contribution in [0.3, 0.4) is 0 Å². The summed E-state index contributed by atoms with van der Waals surface area (Å²) < 4.78 is 11.2. The Kier molecular flexibility index (Phi) is 5.98. The van der Waals surface area contributed by atoms with E-state index in [9.17, 15) is 19.7 Å². The summed E-state index contributed by atoms with van der Waals surface area (Å²) in [4.78, 5) is 38.7. The first kappa shape index (κ1) is 21.3. The predicted octanol–water partition coefficient (Wildman–Crippen LogP) is 4.51. The molecular formula is C23H28N2O6. The van der Waals surface area contributed by atoms with Crippen LogP contribution in [0, 0.1) is 10.1 Å². The average Bonchev–Trinajstić information content (AvgIpc) is 2.76. The van der Waals surface area contributed by atoms with Gasteiger partial charge in [0.25, 0.3) is 11.5 Å². The van der Waals surface area contributed by atoms with E-state index in [2.05, 4.69) is 11.8 Å². The van der Waals surface area contributed by atoms with Gasteiger partial charge in [-0.2, -0.15) is 0 Å². The van der Waals surface area contributed by atoms with E-state index >= 15 is 0 Å². The van der Waals surface area contributed by atoms with E-state index in [4.69, 9.17) is 9.47 Å². The molecule has 0 amide bonds. The second-order valence-electron chi connectivity index (χ2n) is 8.56. The summed E-state index contributed by atoms with van der Waals surface area (Å²) in [5, 5.41) is 11.4. The fraction of sp³-hybridized carbons (Fsp3) is 0.565. The lowest BCUT2D eigenvalue weighted by Crippen LogP contribution is -2.47. The number of piperidine rings is 1. The number of esters is 2. The number of nitro groups is 1. The standard InChI is InChI=1S/C23H28N2O6/c1-2-17-8-4-7-13-24(17)20-10-9-18(25(28)29)14-16(20)15-19-21(26)30-23(31-22(19)27)11-5-3-6-12-23/h9-10,14-15,17H,2-8,11-13H2,1H3/t17-/m0/s1. The van der Waals surface area contributed by atoms with Crippen LogP contribution in [0.15, 0.2) is 23.8 Å². The molecule has 8 nitrogen and oxygen atoms in total. The van der Waals surface area contributed by atoms with Gasteiger partial charge in [-0.05, 0) is 50.7 Å². The smallest absolute Gasteiger partial charge is 0.348 e. The topological polar surface area (TPSA) is 99.0 Å². The molecule has 0 radical (unpaired) electrons. The molecular weight excluding hydrogens is 400 g/mol. The number of benzene rings is 1. The van der Waals surface area contributed by atoms with Gasteiger partial charge in [0.2, 0.25) is 0 Å². The maximum Gasteiger partial charge on any atom is 0.348 e. The SMILES string of the molecule is CC[C@H]1CCCCN1c1ccc([N+](=O)[O-])cc1C=C1C(=O)OC2(CCCCC2)OC1=O. The number of hydrogen-bond acceptors (Lipinski definition) is 7. The first-order valence-corrected chi connectivity index (χ1v) is 11.2. The Labute approximate surface area is 181 Å². The number of carbonyl (C=O) groups is 2. The number of non-ortho nitro benzene ring substituents is 1. The highest BCUT2D eigenvalue weighted by Crippen LogP contribution is 2.39. The number of hydrogen-bond donors (Lipinski definition) is 0. The highest BCUT2D eigenvalue weighted by Gasteiger charge is 2.46. The summed E-state index contributed by atoms with van der Waals surface area (Å²) in [7, 11) is 0. The zero-order chi connectivity index (χ0) is 22.0. The molecule has 0 aromatic heterocycles. The van der Waals surface area contributed by atoms with Crippen LogP contribution in [0.4, 0.5) is 11.4 Å². The Hall–Kier alpha value is -2.90. The molecule has 1 spiro atoms. The maximum atomic E-state index is 12.8. The summed E-state index contributed by atoms with van der Waals surface area (Å²) in [5.74, 6) is -2.60. The van der Waals surface area contributed by atoms with Crippen molar-refractivity contribution in [3.05, 3.63) is 39.4 Å². The molecule has 0 bridgehead atoms. The molecule has 1 atom stereocenters. The molecule has 1 aliphatic carbocycles. The zero-order valence-electron chi connectivity index (χ0n) is 17.8. The lowest BCUT2D eigenvalue weighted by molar-refractivity contribution is -0.384. The van der Waals surface area contributed by atoms with Crippen molar-refractivity contribution in [3.63, 3.8) is 0 Å². The van der Waals surface area contributed by atoms with E-state index in [1.807, 2.05) is 0 Å². The van der Waals surface area contributed by atoms with Gasteiger partial charge in [0.05, 0.1) is 4.92 Å². The lowest BCUT2D eigenvalue weighted by Gasteiger charge is -2.39. The van der Waals surface area contributed by atoms with Crippen molar-refractivity contribution in [2.75, 3.05) is 11.4 Å². The molecule has 1 aromatic carbocycles. The highest BCUT2D eigenvalue weighted by atomic mass is 16.7. The molecule has 2 heterocycles. The number of nitro benzene ring substituents is 1. The summed E-state index contributed by atoms with van der Waals surface area (Å²) in [5.41, 5.74) is 0.922. The minimum absolute atomic E-state index is 0.0954. The van der Waals surface area contributed by atoms with Gasteiger partial charge in [0.1, 0.15) is 5.57 Å². The van der Waals surface area contributed by atoms with Crippen LogP contribution in [0.25, 0.3) is 6.08 Å². The van der Waals surface area contributed by atoms with Crippen molar-refractivity contribution in [2.45, 2.75) is 76.5 Å². The highest BCUT2D eigenvalue weighted by molar-refractivity contribution is 6.19. The molecule has 4 rings (SSSR count). The number of nitrogens with zero attached hydrogens (tertiary/aromatic N) is 2. The Bertz CT molecular complexity index is 897. The molecule has 8 heteroatoms. The molecule has 31 heavy (non-hydrogen) atoms. The van der Waals surface area contributed by atoms with Crippen LogP contribution in [0.1, 0.15) is 70.3 Å². The average molecular weight is 428 g/mol. The Morgan fingerprint density at radius 2 is 1.84 bits per heavy atom. The van der Waals surface area contributed by atoms with Gasteiger partial charge in [-0.3, -0.25) is 10.1 Å². The number of rotatable bonds is 4. The van der Waals surface area contributed by atoms with Crippen LogP contribution in [-0.2, 0) is 19.1 Å². The molecule has 2 saturated heterocycles. The minimum atomic E-state index is -1.16. The van der Waals surface area contributed by atoms with Crippen molar-refractivity contribution in [1.82, 2.24) is 0 Å². The molecule has 166 valence electrons. The zero-order valence-corrected chi connectivity index (χ0v) is 17.8. The quantitative estimate of drug-likeness (QED) is 0.229. The van der Waals surface area contributed by atoms with Gasteiger partial charge in [-0.25, -0.2) is 9.59 Å². The monoisotopic (exact) mass is 428 g/mol. The van der Waals surface area contributed by atoms with Crippen molar-refractivity contribution in [3.8, 4) is 0 Å². The molecule has 2 aliphatic heterocycles. The van der Waals surface area contributed by atoms with Gasteiger partial charge in [-0.1, -0.05) is 13.3 Å². The van der Waals surface area contributed by atoms with E-state index in [0.29, 0.717) is 24.4 Å². The van der Waals surface area contributed by atoms with Crippen LogP contribution in [0.2, 0.25) is 0 Å². The molecule has 0 N–H and O–H groups in total. The van der Waals surface area contributed by atoms with Gasteiger partial charge in [0, 0.05) is 48.8 Å². The third-order valence-electron chi connectivity index (χ3n) is 6.54. The summed E-state index contributed by atoms with van der Waals surface area (Å²) in [6.07, 6.45) is 9.24. The Balaban J connectivity index is 1.71. The molecule has 1 aromatic rings. The fourth-order valence-electron chi connectivity index (χ4n) is 4.89. The lowest BCUT2D eigenvalue weighted by atomic mass is 9.93. The molecule has 1 saturated carbocycles. The first-order chi connectivity index (χ1) is 14.9. The van der Waals surface area contributed by atoms with Crippen LogP contribution >= 0.6 is 0 Å². The number of carbonyl (C=O) groups excluding carboxylic acids is 2. The second-order valence-corrected chi connectivity index (χ2v) is 8.56. The fourth-order valence-corrected chi connectivity index (χ4v) is 4.89. The summed E-state index contributed by atoms with van der Waals surface area (Å²) in [6.45, 7) is 2.94. The van der Waals surface area contributed by atoms with Crippen molar-refractivity contribution >= 4 is 29.4 Å². The van der Waals surface area contributed by atoms with Crippen molar-refractivity contribution in [2.24, 2.45) is 0 Å². The molecule has 3 fully saturated rings. The molecule has 0 unspecified atom stereocenters. The summed E-state index contributed by atoms with van der Waals surface area (Å²) in [6, 6.07) is 4.89. The van der Waals surface area contributed by atoms with Gasteiger partial charge < -0.3 is 14.4 Å². The first-order valence-electron chi connectivity index (χ1n) is 11.2. The number of ether oxygens (including phenoxy) is 2. The number of anilines is 1. The largest absolute Gasteiger partial charge is 0.419 e. The third-order valence-corrected chi connectivity index (χ3v) is 6.54. The third kappa shape index (κ3) is 4.29. The van der Waals surface area contributed by atoms with Gasteiger partial charge >= 0.3 is 11.9 Å². The van der Waals surface area contributed by atoms with E-state index in [0.717, 1.165) is 57.2 Å². The van der Waals surface area contributed by atoms with Crippen molar-refractivity contribution in [1.29, 1.82) is 0 Å². The normalized spacial score (nSPS) is 23.3. The van der Waals surface area contributed by atoms with E-state index in [-0.39, 0.29) is 11.3 Å². The van der Waals surface area contributed by atoms with Crippen LogP contribution in [0.5, 0.6) is 0 Å². The summed E-state index contributed by atoms with van der Waals surface area (Å²) >= 11 is 0. The van der Waals surface area contributed by atoms with Gasteiger partial charge in [-0.15, -0.1) is 0 Å². The Morgan fingerprint density at radius 1 is 1.13 bits per heavy atom.